The highest BCUT2D eigenvalue weighted by atomic mass is 79.9. The highest BCUT2D eigenvalue weighted by molar-refractivity contribution is 9.10. The predicted molar refractivity (Wildman–Crippen MR) is 105 cm³/mol. The Kier molecular flexibility index (Phi) is 5.12. The Morgan fingerprint density at radius 1 is 1.38 bits per heavy atom. The van der Waals surface area contributed by atoms with E-state index in [0.29, 0.717) is 23.1 Å². The number of halogens is 3. The quantitative estimate of drug-likeness (QED) is 0.749. The topological polar surface area (TPSA) is 76.5 Å². The van der Waals surface area contributed by atoms with Gasteiger partial charge < -0.3 is 14.6 Å². The van der Waals surface area contributed by atoms with Crippen LogP contribution in [0.25, 0.3) is 11.6 Å². The molecule has 10 heteroatoms. The van der Waals surface area contributed by atoms with Crippen molar-refractivity contribution < 1.29 is 23.1 Å². The van der Waals surface area contributed by atoms with E-state index < -0.39 is 23.8 Å². The molecule has 7 nitrogen and oxygen atoms in total. The molecule has 152 valence electrons. The number of hydrogen-bond acceptors (Lipinski definition) is 4. The zero-order valence-corrected chi connectivity index (χ0v) is 17.0. The number of amides is 2. The summed E-state index contributed by atoms with van der Waals surface area (Å²) < 4.78 is 37.4. The van der Waals surface area contributed by atoms with Crippen molar-refractivity contribution in [2.24, 2.45) is 0 Å². The number of cyclic esters (lactones) is 1. The summed E-state index contributed by atoms with van der Waals surface area (Å²) in [6.07, 6.45) is 2.52. The third-order valence-electron chi connectivity index (χ3n) is 4.88. The summed E-state index contributed by atoms with van der Waals surface area (Å²) in [5.41, 5.74) is 1.23. The van der Waals surface area contributed by atoms with Crippen molar-refractivity contribution in [3.05, 3.63) is 46.0 Å². The van der Waals surface area contributed by atoms with Crippen LogP contribution in [0.2, 0.25) is 0 Å². The molecule has 0 radical (unpaired) electrons. The van der Waals surface area contributed by atoms with Crippen LogP contribution in [0, 0.1) is 11.6 Å². The number of nitrogens with zero attached hydrogens (tertiary/aromatic N) is 3. The summed E-state index contributed by atoms with van der Waals surface area (Å²) in [6.45, 7) is 2.13. The van der Waals surface area contributed by atoms with Crippen LogP contribution in [0.15, 0.2) is 23.1 Å². The summed E-state index contributed by atoms with van der Waals surface area (Å²) in [7, 11) is 0. The van der Waals surface area contributed by atoms with Gasteiger partial charge in [0.1, 0.15) is 22.3 Å². The van der Waals surface area contributed by atoms with Gasteiger partial charge in [-0.25, -0.2) is 18.6 Å². The van der Waals surface area contributed by atoms with Gasteiger partial charge in [0.2, 0.25) is 5.91 Å². The number of allylic oxidation sites excluding steroid dienone is 1. The standard InChI is InChI=1S/C19H17BrF2N4O3/c1-10(27)23-7-13-8-26(19(28)29-13)12-5-14(21)17(15(22)6-12)11-2-3-25-9-24-18(20)16(25)4-11/h4-6,9,13H,2-3,7-8H2,1H3,(H,23,27)/t13-/m0/s1. The van der Waals surface area contributed by atoms with Crippen molar-refractivity contribution in [2.75, 3.05) is 18.0 Å². The number of aromatic nitrogens is 2. The number of ether oxygens (including phenoxy) is 1. The van der Waals surface area contributed by atoms with Crippen LogP contribution in [0.4, 0.5) is 19.3 Å². The molecular weight excluding hydrogens is 450 g/mol. The fourth-order valence-electron chi connectivity index (χ4n) is 3.48. The predicted octanol–water partition coefficient (Wildman–Crippen LogP) is 3.33. The molecule has 2 aliphatic rings. The molecular formula is C19H17BrF2N4O3. The van der Waals surface area contributed by atoms with E-state index in [1.165, 1.54) is 6.92 Å². The highest BCUT2D eigenvalue weighted by Gasteiger charge is 2.33. The van der Waals surface area contributed by atoms with Crippen molar-refractivity contribution in [2.45, 2.75) is 26.0 Å². The van der Waals surface area contributed by atoms with E-state index in [9.17, 15) is 18.4 Å². The third kappa shape index (κ3) is 3.76. The molecule has 0 aliphatic carbocycles. The first-order chi connectivity index (χ1) is 13.8. The third-order valence-corrected chi connectivity index (χ3v) is 5.49. The molecule has 0 bridgehead atoms. The van der Waals surface area contributed by atoms with Gasteiger partial charge in [0.25, 0.3) is 0 Å². The second kappa shape index (κ2) is 7.58. The molecule has 1 aromatic carbocycles. The highest BCUT2D eigenvalue weighted by Crippen LogP contribution is 2.35. The Hall–Kier alpha value is -2.75. The zero-order chi connectivity index (χ0) is 20.7. The largest absolute Gasteiger partial charge is 0.442 e. The molecule has 2 aliphatic heterocycles. The van der Waals surface area contributed by atoms with Crippen LogP contribution in [0.1, 0.15) is 24.6 Å². The fraction of sp³-hybridized carbons (Fsp3) is 0.316. The second-order valence-corrected chi connectivity index (χ2v) is 7.62. The number of imidazole rings is 1. The number of aryl methyl sites for hydroxylation is 1. The van der Waals surface area contributed by atoms with E-state index in [0.717, 1.165) is 22.7 Å². The molecule has 1 N–H and O–H groups in total. The van der Waals surface area contributed by atoms with Crippen LogP contribution in [0.3, 0.4) is 0 Å². The molecule has 0 unspecified atom stereocenters. The molecule has 2 amide bonds. The Labute approximate surface area is 173 Å². The van der Waals surface area contributed by atoms with E-state index >= 15 is 0 Å². The number of carbonyl (C=O) groups is 2. The fourth-order valence-corrected chi connectivity index (χ4v) is 3.92. The smallest absolute Gasteiger partial charge is 0.414 e. The van der Waals surface area contributed by atoms with E-state index in [1.807, 2.05) is 4.57 Å². The van der Waals surface area contributed by atoms with Gasteiger partial charge in [-0.05, 0) is 46.1 Å². The van der Waals surface area contributed by atoms with Gasteiger partial charge in [0.15, 0.2) is 0 Å². The van der Waals surface area contributed by atoms with E-state index in [1.54, 1.807) is 12.4 Å². The number of hydrogen-bond donors (Lipinski definition) is 1. The van der Waals surface area contributed by atoms with Crippen LogP contribution in [-0.2, 0) is 16.1 Å². The number of nitrogens with one attached hydrogen (secondary N) is 1. The number of fused-ring (bicyclic) bond motifs is 1. The van der Waals surface area contributed by atoms with E-state index in [-0.39, 0.29) is 30.2 Å². The van der Waals surface area contributed by atoms with Gasteiger partial charge in [-0.1, -0.05) is 0 Å². The Balaban J connectivity index is 1.60. The van der Waals surface area contributed by atoms with Crippen molar-refractivity contribution in [1.82, 2.24) is 14.9 Å². The molecule has 1 atom stereocenters. The molecule has 0 spiro atoms. The SMILES string of the molecule is CC(=O)NC[C@H]1CN(c2cc(F)c(C3=Cc4c(Br)ncn4CC3)c(F)c2)C(=O)O1. The first-order valence-electron chi connectivity index (χ1n) is 8.96. The van der Waals surface area contributed by atoms with Gasteiger partial charge in [-0.3, -0.25) is 9.69 Å². The molecule has 4 rings (SSSR count). The van der Waals surface area contributed by atoms with Crippen molar-refractivity contribution in [3.63, 3.8) is 0 Å². The van der Waals surface area contributed by atoms with Gasteiger partial charge in [0, 0.05) is 19.0 Å². The minimum absolute atomic E-state index is 0.0710. The lowest BCUT2D eigenvalue weighted by atomic mass is 9.97. The lowest BCUT2D eigenvalue weighted by Crippen LogP contribution is -2.33. The molecule has 1 fully saturated rings. The van der Waals surface area contributed by atoms with E-state index in [4.69, 9.17) is 4.74 Å². The van der Waals surface area contributed by atoms with Crippen molar-refractivity contribution in [3.8, 4) is 0 Å². The lowest BCUT2D eigenvalue weighted by Gasteiger charge is -2.19. The Morgan fingerprint density at radius 2 is 2.10 bits per heavy atom. The number of rotatable bonds is 4. The Bertz CT molecular complexity index is 1010. The number of carbonyl (C=O) groups excluding carboxylic acids is 2. The molecule has 1 aromatic heterocycles. The lowest BCUT2D eigenvalue weighted by molar-refractivity contribution is -0.119. The zero-order valence-electron chi connectivity index (χ0n) is 15.4. The summed E-state index contributed by atoms with van der Waals surface area (Å²) in [5.74, 6) is -1.77. The van der Waals surface area contributed by atoms with Crippen LogP contribution >= 0.6 is 15.9 Å². The maximum atomic E-state index is 14.9. The van der Waals surface area contributed by atoms with Crippen molar-refractivity contribution in [1.29, 1.82) is 0 Å². The van der Waals surface area contributed by atoms with Gasteiger partial charge >= 0.3 is 6.09 Å². The minimum Gasteiger partial charge on any atom is -0.442 e. The number of benzene rings is 1. The molecule has 3 heterocycles. The maximum absolute atomic E-state index is 14.9. The molecule has 29 heavy (non-hydrogen) atoms. The molecule has 0 saturated carbocycles. The summed E-state index contributed by atoms with van der Waals surface area (Å²) >= 11 is 3.33. The summed E-state index contributed by atoms with van der Waals surface area (Å²) in [5, 5.41) is 2.56. The van der Waals surface area contributed by atoms with Crippen molar-refractivity contribution >= 4 is 45.3 Å². The van der Waals surface area contributed by atoms with Gasteiger partial charge in [0.05, 0.1) is 30.8 Å². The average Bonchev–Trinajstić information content (AvgIpc) is 3.22. The average molecular weight is 467 g/mol. The maximum Gasteiger partial charge on any atom is 0.414 e. The monoisotopic (exact) mass is 466 g/mol. The minimum atomic E-state index is -0.756. The Morgan fingerprint density at radius 3 is 2.79 bits per heavy atom. The normalized spacial score (nSPS) is 18.3. The van der Waals surface area contributed by atoms with Gasteiger partial charge in [-0.15, -0.1) is 0 Å². The summed E-state index contributed by atoms with van der Waals surface area (Å²) in [4.78, 5) is 28.4. The van der Waals surface area contributed by atoms with Crippen LogP contribution in [0.5, 0.6) is 0 Å². The first-order valence-corrected chi connectivity index (χ1v) is 9.76. The van der Waals surface area contributed by atoms with E-state index in [2.05, 4.69) is 26.2 Å². The summed E-state index contributed by atoms with van der Waals surface area (Å²) in [6, 6.07) is 2.25. The first kappa shape index (κ1) is 19.6. The molecule has 1 saturated heterocycles. The number of anilines is 1. The van der Waals surface area contributed by atoms with Crippen LogP contribution in [-0.4, -0.2) is 40.7 Å². The molecule has 2 aromatic rings. The van der Waals surface area contributed by atoms with Crippen LogP contribution < -0.4 is 10.2 Å². The van der Waals surface area contributed by atoms with Gasteiger partial charge in [-0.2, -0.15) is 0 Å². The second-order valence-electron chi connectivity index (χ2n) is 6.87.